The van der Waals surface area contributed by atoms with E-state index in [4.69, 9.17) is 14.2 Å². The van der Waals surface area contributed by atoms with Gasteiger partial charge in [-0.1, -0.05) is 0 Å². The molecule has 25 heavy (non-hydrogen) atoms. The first-order valence-electron chi connectivity index (χ1n) is 6.60. The molecule has 0 aromatic heterocycles. The van der Waals surface area contributed by atoms with Crippen LogP contribution in [0.4, 0.5) is 0 Å². The van der Waals surface area contributed by atoms with Gasteiger partial charge in [0.1, 0.15) is 6.26 Å². The smallest absolute Gasteiger partial charge is 0.310 e. The lowest BCUT2D eigenvalue weighted by Gasteiger charge is -2.09. The molecule has 0 aromatic carbocycles. The topological polar surface area (TPSA) is 107 Å². The predicted octanol–water partition coefficient (Wildman–Crippen LogP) is 2.49. The maximum atomic E-state index is 10.8. The molecule has 0 radical (unpaired) electrons. The molecule has 0 amide bonds. The van der Waals surface area contributed by atoms with E-state index in [1.165, 1.54) is 13.0 Å². The van der Waals surface area contributed by atoms with E-state index in [0.29, 0.717) is 0 Å². The summed E-state index contributed by atoms with van der Waals surface area (Å²) in [6, 6.07) is 0. The number of carbonyl (C=O) groups is 3. The minimum absolute atomic E-state index is 0.0878. The first-order valence-corrected chi connectivity index (χ1v) is 6.60. The summed E-state index contributed by atoms with van der Waals surface area (Å²) in [6.07, 6.45) is 3.19. The van der Waals surface area contributed by atoms with Gasteiger partial charge >= 0.3 is 17.9 Å². The Morgan fingerprint density at radius 1 is 0.680 bits per heavy atom. The van der Waals surface area contributed by atoms with E-state index < -0.39 is 17.9 Å². The van der Waals surface area contributed by atoms with Crippen LogP contribution in [-0.4, -0.2) is 17.9 Å². The van der Waals surface area contributed by atoms with Crippen molar-refractivity contribution < 1.29 is 42.8 Å². The van der Waals surface area contributed by atoms with Gasteiger partial charge in [0.2, 0.25) is 0 Å². The molecular formula is C16H18O9. The third-order valence-corrected chi connectivity index (χ3v) is 1.74. The third kappa shape index (κ3) is 12.7. The number of hydrogen-bond donors (Lipinski definition) is 0. The van der Waals surface area contributed by atoms with E-state index >= 15 is 0 Å². The fourth-order valence-corrected chi connectivity index (χ4v) is 1.08. The Morgan fingerprint density at radius 3 is 1.60 bits per heavy atom. The molecule has 9 nitrogen and oxygen atoms in total. The number of hydrogen-bond acceptors (Lipinski definition) is 9. The van der Waals surface area contributed by atoms with Gasteiger partial charge in [0.25, 0.3) is 17.8 Å². The summed E-state index contributed by atoms with van der Waals surface area (Å²) in [4.78, 5) is 32.3. The van der Waals surface area contributed by atoms with Crippen molar-refractivity contribution in [2.45, 2.75) is 20.8 Å². The van der Waals surface area contributed by atoms with E-state index in [0.717, 1.165) is 26.4 Å². The van der Waals surface area contributed by atoms with Gasteiger partial charge in [-0.3, -0.25) is 14.4 Å². The maximum Gasteiger partial charge on any atom is 0.310 e. The van der Waals surface area contributed by atoms with Crippen molar-refractivity contribution in [3.8, 4) is 0 Å². The van der Waals surface area contributed by atoms with Gasteiger partial charge in [-0.2, -0.15) is 0 Å². The number of allylic oxidation sites excluding steroid dienone is 1. The second-order valence-electron chi connectivity index (χ2n) is 4.06. The highest BCUT2D eigenvalue weighted by Crippen LogP contribution is 2.11. The van der Waals surface area contributed by atoms with Crippen molar-refractivity contribution in [3.63, 3.8) is 0 Å². The minimum atomic E-state index is -0.655. The van der Waals surface area contributed by atoms with Gasteiger partial charge in [-0.25, -0.2) is 0 Å². The van der Waals surface area contributed by atoms with Crippen molar-refractivity contribution in [2.24, 2.45) is 0 Å². The predicted molar refractivity (Wildman–Crippen MR) is 83.2 cm³/mol. The molecule has 0 saturated heterocycles. The van der Waals surface area contributed by atoms with Crippen LogP contribution >= 0.6 is 0 Å². The van der Waals surface area contributed by atoms with Gasteiger partial charge in [-0.05, 0) is 19.7 Å². The van der Waals surface area contributed by atoms with Crippen molar-refractivity contribution in [3.05, 3.63) is 61.9 Å². The van der Waals surface area contributed by atoms with Gasteiger partial charge in [0.15, 0.2) is 5.76 Å². The molecule has 136 valence electrons. The molecule has 0 aliphatic rings. The van der Waals surface area contributed by atoms with E-state index in [-0.39, 0.29) is 23.6 Å². The van der Waals surface area contributed by atoms with Crippen LogP contribution in [0.15, 0.2) is 61.9 Å². The lowest BCUT2D eigenvalue weighted by Crippen LogP contribution is -2.03. The van der Waals surface area contributed by atoms with Crippen LogP contribution in [0.5, 0.6) is 0 Å². The highest BCUT2D eigenvalue weighted by atomic mass is 16.7. The normalized spacial score (nSPS) is 10.4. The van der Waals surface area contributed by atoms with Crippen molar-refractivity contribution in [1.82, 2.24) is 0 Å². The summed E-state index contributed by atoms with van der Waals surface area (Å²) in [5.74, 6) is -2.97. The zero-order valence-corrected chi connectivity index (χ0v) is 14.0. The van der Waals surface area contributed by atoms with E-state index in [2.05, 4.69) is 33.9 Å². The molecular weight excluding hydrogens is 336 g/mol. The number of ether oxygens (including phenoxy) is 6. The molecule has 0 N–H and O–H groups in total. The van der Waals surface area contributed by atoms with Crippen LogP contribution in [0.1, 0.15) is 20.8 Å². The van der Waals surface area contributed by atoms with Crippen LogP contribution in [0, 0.1) is 0 Å². The van der Waals surface area contributed by atoms with E-state index in [1.807, 2.05) is 0 Å². The molecule has 0 fully saturated rings. The molecule has 0 aliphatic heterocycles. The summed E-state index contributed by atoms with van der Waals surface area (Å²) in [5.41, 5.74) is 0. The lowest BCUT2D eigenvalue weighted by atomic mass is 10.5. The summed E-state index contributed by atoms with van der Waals surface area (Å²) >= 11 is 0. The van der Waals surface area contributed by atoms with Crippen LogP contribution in [0.2, 0.25) is 0 Å². The number of carbonyl (C=O) groups excluding carboxylic acids is 3. The Labute approximate surface area is 144 Å². The van der Waals surface area contributed by atoms with Crippen LogP contribution in [0.3, 0.4) is 0 Å². The maximum absolute atomic E-state index is 10.8. The molecule has 0 saturated carbocycles. The molecule has 0 aromatic rings. The van der Waals surface area contributed by atoms with E-state index in [9.17, 15) is 14.4 Å². The number of esters is 3. The largest absolute Gasteiger partial charge is 0.434 e. The fraction of sp³-hybridized carbons (Fsp3) is 0.188. The Morgan fingerprint density at radius 2 is 1.12 bits per heavy atom. The first-order chi connectivity index (χ1) is 11.6. The SMILES string of the molecule is C=C(O/C=C(/C=C/OC(=C)OC(C)=O)OC(=C)OC(C)=O)OC(C)=O. The monoisotopic (exact) mass is 354 g/mol. The lowest BCUT2D eigenvalue weighted by molar-refractivity contribution is -0.142. The van der Waals surface area contributed by atoms with E-state index in [1.54, 1.807) is 0 Å². The van der Waals surface area contributed by atoms with Gasteiger partial charge in [0, 0.05) is 26.8 Å². The fourth-order valence-electron chi connectivity index (χ4n) is 1.08. The highest BCUT2D eigenvalue weighted by molar-refractivity contribution is 5.67. The molecule has 9 heteroatoms. The molecule has 0 bridgehead atoms. The average molecular weight is 354 g/mol. The van der Waals surface area contributed by atoms with Gasteiger partial charge in [0.05, 0.1) is 6.26 Å². The van der Waals surface area contributed by atoms with Crippen molar-refractivity contribution in [2.75, 3.05) is 0 Å². The zero-order chi connectivity index (χ0) is 19.4. The standard InChI is InChI=1S/C16H18O9/c1-10(17)22-13(4)20-8-7-16(25-15(6)24-12(3)19)9-21-14(5)23-11(2)18/h7-9H,4-6H2,1-3H3/b8-7+,16-9-. The Bertz CT molecular complexity index is 626. The molecule has 0 aliphatic carbocycles. The summed E-state index contributed by atoms with van der Waals surface area (Å²) < 4.78 is 28.6. The summed E-state index contributed by atoms with van der Waals surface area (Å²) in [5, 5.41) is 0. The summed E-state index contributed by atoms with van der Waals surface area (Å²) in [7, 11) is 0. The quantitative estimate of drug-likeness (QED) is 0.253. The zero-order valence-electron chi connectivity index (χ0n) is 14.0. The second kappa shape index (κ2) is 11.1. The molecule has 0 atom stereocenters. The Hall–Kier alpha value is -3.49. The molecule has 0 spiro atoms. The van der Waals surface area contributed by atoms with Crippen LogP contribution < -0.4 is 0 Å². The third-order valence-electron chi connectivity index (χ3n) is 1.74. The highest BCUT2D eigenvalue weighted by Gasteiger charge is 2.06. The molecule has 0 unspecified atom stereocenters. The van der Waals surface area contributed by atoms with Crippen molar-refractivity contribution >= 4 is 17.9 Å². The Balaban J connectivity index is 4.92. The average Bonchev–Trinajstić information content (AvgIpc) is 2.41. The van der Waals surface area contributed by atoms with Gasteiger partial charge in [-0.15, -0.1) is 0 Å². The second-order valence-corrected chi connectivity index (χ2v) is 4.06. The minimum Gasteiger partial charge on any atom is -0.434 e. The first kappa shape index (κ1) is 21.5. The molecule has 0 rings (SSSR count). The number of rotatable bonds is 10. The van der Waals surface area contributed by atoms with Gasteiger partial charge < -0.3 is 28.4 Å². The van der Waals surface area contributed by atoms with Crippen LogP contribution in [0.25, 0.3) is 0 Å². The van der Waals surface area contributed by atoms with Crippen LogP contribution in [-0.2, 0) is 42.8 Å². The van der Waals surface area contributed by atoms with Crippen molar-refractivity contribution in [1.29, 1.82) is 0 Å². The summed E-state index contributed by atoms with van der Waals surface area (Å²) in [6.45, 7) is 13.5. The Kier molecular flexibility index (Phi) is 9.56. The molecule has 0 heterocycles.